The summed E-state index contributed by atoms with van der Waals surface area (Å²) in [6.45, 7) is 3.23. The van der Waals surface area contributed by atoms with Crippen molar-refractivity contribution in [2.45, 2.75) is 38.6 Å². The molecule has 9 nitrogen and oxygen atoms in total. The number of rotatable bonds is 7. The van der Waals surface area contributed by atoms with E-state index in [1.165, 1.54) is 7.11 Å². The number of hydrogen-bond donors (Lipinski definition) is 2. The zero-order chi connectivity index (χ0) is 18.6. The first-order valence-electron chi connectivity index (χ1n) is 7.80. The van der Waals surface area contributed by atoms with E-state index < -0.39 is 35.9 Å². The average molecular weight is 368 g/mol. The molecule has 1 fully saturated rings. The van der Waals surface area contributed by atoms with Crippen LogP contribution in [0, 0.1) is 0 Å². The van der Waals surface area contributed by atoms with Crippen LogP contribution in [0.25, 0.3) is 0 Å². The van der Waals surface area contributed by atoms with Gasteiger partial charge in [0, 0.05) is 5.38 Å². The molecule has 0 spiro atoms. The second-order valence-corrected chi connectivity index (χ2v) is 6.41. The largest absolute Gasteiger partial charge is 0.469 e. The van der Waals surface area contributed by atoms with Gasteiger partial charge in [-0.15, -0.1) is 11.3 Å². The van der Waals surface area contributed by atoms with Gasteiger partial charge in [-0.1, -0.05) is 13.8 Å². The van der Waals surface area contributed by atoms with Crippen molar-refractivity contribution in [3.05, 3.63) is 11.1 Å². The number of urea groups is 1. The number of thiazole rings is 1. The smallest absolute Gasteiger partial charge is 0.325 e. The summed E-state index contributed by atoms with van der Waals surface area (Å²) >= 11 is 1.14. The molecule has 0 bridgehead atoms. The molecule has 1 aliphatic heterocycles. The Morgan fingerprint density at radius 2 is 2.04 bits per heavy atom. The molecule has 1 aliphatic rings. The fourth-order valence-corrected chi connectivity index (χ4v) is 3.24. The molecule has 10 heteroatoms. The Hall–Kier alpha value is -2.49. The number of nitrogens with one attached hydrogen (secondary N) is 2. The number of carbonyl (C=O) groups is 4. The molecule has 0 radical (unpaired) electrons. The summed E-state index contributed by atoms with van der Waals surface area (Å²) in [5.41, 5.74) is -0.468. The zero-order valence-electron chi connectivity index (χ0n) is 14.2. The number of aromatic nitrogens is 1. The summed E-state index contributed by atoms with van der Waals surface area (Å²) in [5, 5.41) is 7.10. The van der Waals surface area contributed by atoms with E-state index in [0.717, 1.165) is 16.2 Å². The third-order valence-electron chi connectivity index (χ3n) is 4.11. The maximum atomic E-state index is 12.4. The minimum absolute atomic E-state index is 0.00536. The fourth-order valence-electron chi connectivity index (χ4n) is 2.52. The maximum absolute atomic E-state index is 12.4. The lowest BCUT2D eigenvalue weighted by atomic mass is 9.93. The summed E-state index contributed by atoms with van der Waals surface area (Å²) in [4.78, 5) is 52.8. The standard InChI is InChI=1S/C15H20N4O5S/c1-4-15(5-2)12(22)19(14(23)18-15)7-10(20)17-13-16-9(8-25-13)6-11(21)24-3/h8H,4-7H2,1-3H3,(H,18,23)(H,16,17,20). The van der Waals surface area contributed by atoms with Crippen molar-refractivity contribution in [1.82, 2.24) is 15.2 Å². The Bertz CT molecular complexity index is 698. The Labute approximate surface area is 148 Å². The summed E-state index contributed by atoms with van der Waals surface area (Å²) < 4.78 is 4.55. The number of amides is 4. The SMILES string of the molecule is CCC1(CC)NC(=O)N(CC(=O)Nc2nc(CC(=O)OC)cs2)C1=O. The van der Waals surface area contributed by atoms with Gasteiger partial charge in [0.25, 0.3) is 5.91 Å². The van der Waals surface area contributed by atoms with E-state index in [2.05, 4.69) is 20.4 Å². The van der Waals surface area contributed by atoms with E-state index in [0.29, 0.717) is 18.5 Å². The lowest BCUT2D eigenvalue weighted by Gasteiger charge is -2.22. The van der Waals surface area contributed by atoms with Crippen LogP contribution in [-0.2, 0) is 25.5 Å². The van der Waals surface area contributed by atoms with Gasteiger partial charge in [-0.05, 0) is 12.8 Å². The second-order valence-electron chi connectivity index (χ2n) is 5.56. The molecule has 2 heterocycles. The van der Waals surface area contributed by atoms with Crippen LogP contribution in [0.1, 0.15) is 32.4 Å². The third kappa shape index (κ3) is 3.95. The molecule has 0 aromatic carbocycles. The molecule has 0 saturated carbocycles. The normalized spacial score (nSPS) is 15.9. The molecule has 1 saturated heterocycles. The van der Waals surface area contributed by atoms with Crippen LogP contribution >= 0.6 is 11.3 Å². The summed E-state index contributed by atoms with van der Waals surface area (Å²) in [5.74, 6) is -1.37. The predicted octanol–water partition coefficient (Wildman–Crippen LogP) is 0.908. The van der Waals surface area contributed by atoms with Crippen molar-refractivity contribution in [1.29, 1.82) is 0 Å². The molecular weight excluding hydrogens is 348 g/mol. The molecule has 4 amide bonds. The van der Waals surface area contributed by atoms with Crippen molar-refractivity contribution < 1.29 is 23.9 Å². The van der Waals surface area contributed by atoms with Crippen molar-refractivity contribution in [2.24, 2.45) is 0 Å². The number of nitrogens with zero attached hydrogens (tertiary/aromatic N) is 2. The lowest BCUT2D eigenvalue weighted by molar-refractivity contribution is -0.139. The molecule has 2 rings (SSSR count). The Morgan fingerprint density at radius 1 is 1.36 bits per heavy atom. The van der Waals surface area contributed by atoms with Crippen LogP contribution in [0.5, 0.6) is 0 Å². The van der Waals surface area contributed by atoms with E-state index in [1.807, 2.05) is 13.8 Å². The Balaban J connectivity index is 1.98. The van der Waals surface area contributed by atoms with Gasteiger partial charge < -0.3 is 15.4 Å². The van der Waals surface area contributed by atoms with Crippen LogP contribution in [0.4, 0.5) is 9.93 Å². The molecule has 1 aromatic heterocycles. The number of ether oxygens (including phenoxy) is 1. The molecule has 2 N–H and O–H groups in total. The lowest BCUT2D eigenvalue weighted by Crippen LogP contribution is -2.46. The van der Waals surface area contributed by atoms with Gasteiger partial charge in [-0.3, -0.25) is 19.3 Å². The minimum Gasteiger partial charge on any atom is -0.469 e. The van der Waals surface area contributed by atoms with Gasteiger partial charge in [-0.2, -0.15) is 0 Å². The highest BCUT2D eigenvalue weighted by molar-refractivity contribution is 7.13. The molecule has 1 aromatic rings. The predicted molar refractivity (Wildman–Crippen MR) is 90.0 cm³/mol. The number of imide groups is 1. The molecule has 0 aliphatic carbocycles. The second kappa shape index (κ2) is 7.60. The zero-order valence-corrected chi connectivity index (χ0v) is 15.1. The highest BCUT2D eigenvalue weighted by atomic mass is 32.1. The fraction of sp³-hybridized carbons (Fsp3) is 0.533. The number of hydrogen-bond acceptors (Lipinski definition) is 7. The highest BCUT2D eigenvalue weighted by Gasteiger charge is 2.49. The van der Waals surface area contributed by atoms with Gasteiger partial charge in [0.1, 0.15) is 12.1 Å². The number of methoxy groups -OCH3 is 1. The first kappa shape index (κ1) is 18.8. The molecule has 136 valence electrons. The van der Waals surface area contributed by atoms with Gasteiger partial charge in [-0.25, -0.2) is 9.78 Å². The van der Waals surface area contributed by atoms with Crippen LogP contribution in [-0.4, -0.2) is 52.9 Å². The molecule has 25 heavy (non-hydrogen) atoms. The van der Waals surface area contributed by atoms with Crippen LogP contribution in [0.15, 0.2) is 5.38 Å². The Morgan fingerprint density at radius 3 is 2.60 bits per heavy atom. The topological polar surface area (TPSA) is 118 Å². The first-order valence-corrected chi connectivity index (χ1v) is 8.68. The van der Waals surface area contributed by atoms with E-state index in [9.17, 15) is 19.2 Å². The number of esters is 1. The van der Waals surface area contributed by atoms with Gasteiger partial charge in [0.2, 0.25) is 5.91 Å². The van der Waals surface area contributed by atoms with Gasteiger partial charge >= 0.3 is 12.0 Å². The highest BCUT2D eigenvalue weighted by Crippen LogP contribution is 2.25. The van der Waals surface area contributed by atoms with Crippen molar-refractivity contribution in [3.63, 3.8) is 0 Å². The number of carbonyl (C=O) groups excluding carboxylic acids is 4. The van der Waals surface area contributed by atoms with Crippen molar-refractivity contribution >= 4 is 40.3 Å². The maximum Gasteiger partial charge on any atom is 0.325 e. The first-order chi connectivity index (χ1) is 11.8. The van der Waals surface area contributed by atoms with Crippen LogP contribution in [0.2, 0.25) is 0 Å². The molecular formula is C15H20N4O5S. The minimum atomic E-state index is -0.938. The average Bonchev–Trinajstić information content (AvgIpc) is 3.12. The number of anilines is 1. The monoisotopic (exact) mass is 368 g/mol. The van der Waals surface area contributed by atoms with Gasteiger partial charge in [0.05, 0.1) is 19.2 Å². The van der Waals surface area contributed by atoms with Crippen molar-refractivity contribution in [2.75, 3.05) is 19.0 Å². The van der Waals surface area contributed by atoms with Crippen molar-refractivity contribution in [3.8, 4) is 0 Å². The van der Waals surface area contributed by atoms with E-state index >= 15 is 0 Å². The quantitative estimate of drug-likeness (QED) is 0.545. The van der Waals surface area contributed by atoms with E-state index in [1.54, 1.807) is 5.38 Å². The van der Waals surface area contributed by atoms with Crippen LogP contribution < -0.4 is 10.6 Å². The Kier molecular flexibility index (Phi) is 5.73. The molecule has 0 unspecified atom stereocenters. The molecule has 0 atom stereocenters. The van der Waals surface area contributed by atoms with E-state index in [4.69, 9.17) is 0 Å². The summed E-state index contributed by atoms with van der Waals surface area (Å²) in [7, 11) is 1.28. The van der Waals surface area contributed by atoms with E-state index in [-0.39, 0.29) is 11.6 Å². The van der Waals surface area contributed by atoms with Gasteiger partial charge in [0.15, 0.2) is 5.13 Å². The van der Waals surface area contributed by atoms with Crippen LogP contribution in [0.3, 0.4) is 0 Å². The summed E-state index contributed by atoms with van der Waals surface area (Å²) in [6, 6.07) is -0.575. The third-order valence-corrected chi connectivity index (χ3v) is 4.91. The summed E-state index contributed by atoms with van der Waals surface area (Å²) in [6.07, 6.45) is 0.913.